The normalized spacial score (nSPS) is 11.5. The molecule has 0 radical (unpaired) electrons. The average Bonchev–Trinajstić information content (AvgIpc) is 3.09. The maximum atomic E-state index is 12.5. The van der Waals surface area contributed by atoms with E-state index in [-0.39, 0.29) is 18.8 Å². The van der Waals surface area contributed by atoms with E-state index >= 15 is 0 Å². The highest BCUT2D eigenvalue weighted by Gasteiger charge is 2.14. The highest BCUT2D eigenvalue weighted by Crippen LogP contribution is 2.19. The van der Waals surface area contributed by atoms with Crippen molar-refractivity contribution < 1.29 is 19.4 Å². The van der Waals surface area contributed by atoms with Gasteiger partial charge in [0.2, 0.25) is 0 Å². The summed E-state index contributed by atoms with van der Waals surface area (Å²) in [7, 11) is 0. The van der Waals surface area contributed by atoms with Crippen LogP contribution in [0.15, 0.2) is 0 Å². The number of aliphatic hydroxyl groups excluding tert-OH is 1. The lowest BCUT2D eigenvalue weighted by Gasteiger charge is -2.18. The van der Waals surface area contributed by atoms with Gasteiger partial charge in [0.25, 0.3) is 0 Å². The molecule has 0 unspecified atom stereocenters. The molecule has 0 aliphatic carbocycles. The first-order valence-electron chi connectivity index (χ1n) is 21.9. The van der Waals surface area contributed by atoms with Crippen LogP contribution in [0.4, 0.5) is 4.79 Å². The summed E-state index contributed by atoms with van der Waals surface area (Å²) in [5.41, 5.74) is 0. The molecule has 0 aromatic rings. The first-order valence-corrected chi connectivity index (χ1v) is 21.9. The lowest BCUT2D eigenvalue weighted by molar-refractivity contribution is 0.0789. The first kappa shape index (κ1) is 47.2. The second-order valence-corrected chi connectivity index (χ2v) is 14.8. The minimum absolute atomic E-state index is 0.0360. The van der Waals surface area contributed by atoms with E-state index in [0.29, 0.717) is 19.8 Å². The van der Waals surface area contributed by atoms with Crippen LogP contribution in [0, 0.1) is 0 Å². The Balaban J connectivity index is 3.93. The standard InChI is InChI=1S/C43H87NO4/c1-3-5-7-9-11-13-15-17-19-21-23-25-27-29-31-33-36-42(48-43(46)44-38-35-40-47-41-39-45)37-34-32-30-28-26-24-22-20-18-16-14-12-10-8-6-4-2/h42,45H,3-41H2,1-2H3,(H,44,46). The Bertz CT molecular complexity index is 565. The maximum absolute atomic E-state index is 12.5. The summed E-state index contributed by atoms with van der Waals surface area (Å²) in [5.74, 6) is 0. The van der Waals surface area contributed by atoms with Crippen LogP contribution in [0.3, 0.4) is 0 Å². The Morgan fingerprint density at radius 3 is 1.08 bits per heavy atom. The Hall–Kier alpha value is -0.810. The van der Waals surface area contributed by atoms with Crippen LogP contribution in [-0.4, -0.2) is 43.7 Å². The predicted octanol–water partition coefficient (Wildman–Crippen LogP) is 13.8. The Morgan fingerprint density at radius 2 is 0.771 bits per heavy atom. The summed E-state index contributed by atoms with van der Waals surface area (Å²) in [6, 6.07) is 0. The van der Waals surface area contributed by atoms with E-state index < -0.39 is 0 Å². The second-order valence-electron chi connectivity index (χ2n) is 14.8. The molecule has 288 valence electrons. The number of carbonyl (C=O) groups excluding carboxylic acids is 1. The number of unbranched alkanes of at least 4 members (excludes halogenated alkanes) is 30. The average molecular weight is 682 g/mol. The highest BCUT2D eigenvalue weighted by atomic mass is 16.6. The molecule has 0 rings (SSSR count). The fraction of sp³-hybridized carbons (Fsp3) is 0.977. The number of hydrogen-bond donors (Lipinski definition) is 2. The minimum Gasteiger partial charge on any atom is -0.446 e. The molecule has 0 heterocycles. The summed E-state index contributed by atoms with van der Waals surface area (Å²) in [4.78, 5) is 12.5. The topological polar surface area (TPSA) is 67.8 Å². The summed E-state index contributed by atoms with van der Waals surface area (Å²) in [5, 5.41) is 11.7. The number of amides is 1. The molecule has 0 aromatic carbocycles. The lowest BCUT2D eigenvalue weighted by atomic mass is 10.0. The van der Waals surface area contributed by atoms with Crippen LogP contribution in [0.2, 0.25) is 0 Å². The molecule has 5 nitrogen and oxygen atoms in total. The second kappa shape index (κ2) is 42.4. The van der Waals surface area contributed by atoms with E-state index in [0.717, 1.165) is 32.1 Å². The van der Waals surface area contributed by atoms with Gasteiger partial charge in [-0.25, -0.2) is 4.79 Å². The number of alkyl carbamates (subject to hydrolysis) is 1. The van der Waals surface area contributed by atoms with E-state index in [2.05, 4.69) is 19.2 Å². The van der Waals surface area contributed by atoms with E-state index in [4.69, 9.17) is 14.6 Å². The van der Waals surface area contributed by atoms with Gasteiger partial charge in [0.1, 0.15) is 6.10 Å². The molecule has 2 N–H and O–H groups in total. The van der Waals surface area contributed by atoms with Gasteiger partial charge >= 0.3 is 6.09 Å². The van der Waals surface area contributed by atoms with Crippen LogP contribution in [0.25, 0.3) is 0 Å². The van der Waals surface area contributed by atoms with Gasteiger partial charge in [-0.2, -0.15) is 0 Å². The van der Waals surface area contributed by atoms with Crippen LogP contribution in [0.5, 0.6) is 0 Å². The van der Waals surface area contributed by atoms with Crippen molar-refractivity contribution in [1.29, 1.82) is 0 Å². The van der Waals surface area contributed by atoms with Crippen molar-refractivity contribution in [2.45, 2.75) is 245 Å². The third-order valence-electron chi connectivity index (χ3n) is 10.0. The van der Waals surface area contributed by atoms with Crippen molar-refractivity contribution in [1.82, 2.24) is 5.32 Å². The summed E-state index contributed by atoms with van der Waals surface area (Å²) < 4.78 is 11.2. The zero-order valence-corrected chi connectivity index (χ0v) is 32.8. The summed E-state index contributed by atoms with van der Waals surface area (Å²) in [6.45, 7) is 6.07. The van der Waals surface area contributed by atoms with Crippen molar-refractivity contribution in [3.8, 4) is 0 Å². The first-order chi connectivity index (χ1) is 23.7. The molecule has 5 heteroatoms. The van der Waals surface area contributed by atoms with Crippen molar-refractivity contribution in [2.75, 3.05) is 26.4 Å². The number of nitrogens with one attached hydrogen (secondary N) is 1. The molecule has 0 aliphatic rings. The molecule has 0 saturated carbocycles. The van der Waals surface area contributed by atoms with Gasteiger partial charge in [0.15, 0.2) is 0 Å². The molecular weight excluding hydrogens is 594 g/mol. The third-order valence-corrected chi connectivity index (χ3v) is 10.0. The van der Waals surface area contributed by atoms with Gasteiger partial charge in [0, 0.05) is 13.2 Å². The fourth-order valence-electron chi connectivity index (χ4n) is 6.83. The van der Waals surface area contributed by atoms with Gasteiger partial charge in [0.05, 0.1) is 13.2 Å². The maximum Gasteiger partial charge on any atom is 0.407 e. The quantitative estimate of drug-likeness (QED) is 0.0630. The molecule has 0 fully saturated rings. The minimum atomic E-state index is -0.282. The fourth-order valence-corrected chi connectivity index (χ4v) is 6.83. The van der Waals surface area contributed by atoms with Gasteiger partial charge < -0.3 is 19.9 Å². The molecule has 0 bridgehead atoms. The van der Waals surface area contributed by atoms with Crippen molar-refractivity contribution in [2.24, 2.45) is 0 Å². The summed E-state index contributed by atoms with van der Waals surface area (Å²) in [6.07, 6.45) is 46.6. The molecule has 48 heavy (non-hydrogen) atoms. The zero-order chi connectivity index (χ0) is 34.9. The van der Waals surface area contributed by atoms with Crippen molar-refractivity contribution in [3.63, 3.8) is 0 Å². The largest absolute Gasteiger partial charge is 0.446 e. The van der Waals surface area contributed by atoms with Crippen LogP contribution >= 0.6 is 0 Å². The lowest BCUT2D eigenvalue weighted by Crippen LogP contribution is -2.30. The van der Waals surface area contributed by atoms with E-state index in [1.54, 1.807) is 0 Å². The van der Waals surface area contributed by atoms with Crippen molar-refractivity contribution >= 4 is 6.09 Å². The number of hydrogen-bond acceptors (Lipinski definition) is 4. The summed E-state index contributed by atoms with van der Waals surface area (Å²) >= 11 is 0. The monoisotopic (exact) mass is 682 g/mol. The number of aliphatic hydroxyl groups is 1. The van der Waals surface area contributed by atoms with Gasteiger partial charge in [-0.15, -0.1) is 0 Å². The molecule has 0 atom stereocenters. The smallest absolute Gasteiger partial charge is 0.407 e. The molecule has 1 amide bonds. The van der Waals surface area contributed by atoms with E-state index in [1.807, 2.05) is 0 Å². The van der Waals surface area contributed by atoms with Crippen molar-refractivity contribution in [3.05, 3.63) is 0 Å². The molecule has 0 saturated heterocycles. The van der Waals surface area contributed by atoms with Crippen LogP contribution in [0.1, 0.15) is 239 Å². The number of carbonyl (C=O) groups is 1. The van der Waals surface area contributed by atoms with Crippen LogP contribution < -0.4 is 5.32 Å². The Kier molecular flexibility index (Phi) is 41.6. The van der Waals surface area contributed by atoms with Gasteiger partial charge in [-0.3, -0.25) is 0 Å². The number of rotatable bonds is 41. The zero-order valence-electron chi connectivity index (χ0n) is 32.8. The SMILES string of the molecule is CCCCCCCCCCCCCCCCCCC(CCCCCCCCCCCCCCCCCC)OC(=O)NCCCOCCO. The third kappa shape index (κ3) is 39.6. The van der Waals surface area contributed by atoms with Gasteiger partial charge in [-0.05, 0) is 32.1 Å². The van der Waals surface area contributed by atoms with Crippen LogP contribution in [-0.2, 0) is 9.47 Å². The Morgan fingerprint density at radius 1 is 0.458 bits per heavy atom. The van der Waals surface area contributed by atoms with E-state index in [1.165, 1.54) is 193 Å². The molecular formula is C43H87NO4. The Labute approximate surface area is 301 Å². The van der Waals surface area contributed by atoms with E-state index in [9.17, 15) is 4.79 Å². The molecule has 0 aromatic heterocycles. The molecule has 0 aliphatic heterocycles. The highest BCUT2D eigenvalue weighted by molar-refractivity contribution is 5.67. The predicted molar refractivity (Wildman–Crippen MR) is 209 cm³/mol. The number of ether oxygens (including phenoxy) is 2. The molecule has 0 spiro atoms. The van der Waals surface area contributed by atoms with Gasteiger partial charge in [-0.1, -0.05) is 206 Å².